The van der Waals surface area contributed by atoms with Crippen molar-refractivity contribution < 1.29 is 9.90 Å². The quantitative estimate of drug-likeness (QED) is 0.746. The van der Waals surface area contributed by atoms with Gasteiger partial charge in [-0.15, -0.1) is 10.2 Å². The van der Waals surface area contributed by atoms with Gasteiger partial charge in [0.05, 0.1) is 0 Å². The van der Waals surface area contributed by atoms with Crippen molar-refractivity contribution in [2.75, 3.05) is 5.75 Å². The van der Waals surface area contributed by atoms with Crippen LogP contribution in [0.25, 0.3) is 0 Å². The van der Waals surface area contributed by atoms with Gasteiger partial charge in [-0.25, -0.2) is 0 Å². The Morgan fingerprint density at radius 3 is 2.52 bits per heavy atom. The number of carbonyl (C=O) groups is 1. The Morgan fingerprint density at radius 1 is 1.29 bits per heavy atom. The van der Waals surface area contributed by atoms with E-state index in [2.05, 4.69) is 14.8 Å². The van der Waals surface area contributed by atoms with Crippen LogP contribution in [0.4, 0.5) is 0 Å². The van der Waals surface area contributed by atoms with Gasteiger partial charge in [-0.2, -0.15) is 0 Å². The molecule has 3 aliphatic carbocycles. The normalized spacial score (nSPS) is 24.8. The van der Waals surface area contributed by atoms with Gasteiger partial charge >= 0.3 is 5.97 Å². The third-order valence-corrected chi connectivity index (χ3v) is 5.85. The van der Waals surface area contributed by atoms with E-state index in [1.54, 1.807) is 0 Å². The zero-order chi connectivity index (χ0) is 14.6. The molecule has 21 heavy (non-hydrogen) atoms. The average Bonchev–Trinajstić information content (AvgIpc) is 3.33. The Balaban J connectivity index is 1.53. The molecule has 1 aromatic heterocycles. The van der Waals surface area contributed by atoms with E-state index >= 15 is 0 Å². The van der Waals surface area contributed by atoms with Crippen molar-refractivity contribution in [2.45, 2.75) is 61.2 Å². The number of nitrogens with two attached hydrogens (primary N) is 1. The molecule has 1 aromatic rings. The standard InChI is InChI=1S/C14H20N4O2S/c15-14(12(19)20,9-3-4-9)7-21-13-17-16-11(8-1-2-8)18(13)10-5-6-10/h8-10H,1-7,15H2,(H,19,20). The molecule has 1 atom stereocenters. The van der Waals surface area contributed by atoms with Crippen molar-refractivity contribution in [3.8, 4) is 0 Å². The van der Waals surface area contributed by atoms with Gasteiger partial charge < -0.3 is 15.4 Å². The Labute approximate surface area is 127 Å². The van der Waals surface area contributed by atoms with Crippen LogP contribution in [-0.4, -0.2) is 37.1 Å². The predicted molar refractivity (Wildman–Crippen MR) is 78.3 cm³/mol. The lowest BCUT2D eigenvalue weighted by atomic mass is 9.98. The maximum absolute atomic E-state index is 11.5. The van der Waals surface area contributed by atoms with Gasteiger partial charge in [0.25, 0.3) is 0 Å². The van der Waals surface area contributed by atoms with Gasteiger partial charge in [-0.1, -0.05) is 11.8 Å². The van der Waals surface area contributed by atoms with E-state index in [-0.39, 0.29) is 5.92 Å². The summed E-state index contributed by atoms with van der Waals surface area (Å²) in [6, 6.07) is 0.524. The number of hydrogen-bond acceptors (Lipinski definition) is 5. The summed E-state index contributed by atoms with van der Waals surface area (Å²) >= 11 is 1.47. The summed E-state index contributed by atoms with van der Waals surface area (Å²) in [5, 5.41) is 18.9. The summed E-state index contributed by atoms with van der Waals surface area (Å²) in [6.07, 6.45) is 6.61. The minimum absolute atomic E-state index is 0.114. The third kappa shape index (κ3) is 2.46. The summed E-state index contributed by atoms with van der Waals surface area (Å²) in [5.74, 6) is 1.27. The van der Waals surface area contributed by atoms with Crippen LogP contribution in [-0.2, 0) is 4.79 Å². The van der Waals surface area contributed by atoms with Gasteiger partial charge in [0.1, 0.15) is 11.4 Å². The summed E-state index contributed by atoms with van der Waals surface area (Å²) in [4.78, 5) is 11.5. The van der Waals surface area contributed by atoms with E-state index in [9.17, 15) is 9.90 Å². The molecule has 0 amide bonds. The van der Waals surface area contributed by atoms with Gasteiger partial charge in [0.2, 0.25) is 0 Å². The smallest absolute Gasteiger partial charge is 0.324 e. The highest BCUT2D eigenvalue weighted by Crippen LogP contribution is 2.47. The predicted octanol–water partition coefficient (Wildman–Crippen LogP) is 1.77. The third-order valence-electron chi connectivity index (χ3n) is 4.69. The SMILES string of the molecule is NC(CSc1nnc(C2CC2)n1C1CC1)(C(=O)O)C1CC1. The van der Waals surface area contributed by atoms with Crippen molar-refractivity contribution in [2.24, 2.45) is 11.7 Å². The van der Waals surface area contributed by atoms with Crippen LogP contribution >= 0.6 is 11.8 Å². The molecule has 0 spiro atoms. The minimum atomic E-state index is -1.12. The minimum Gasteiger partial charge on any atom is -0.480 e. The van der Waals surface area contributed by atoms with Crippen LogP contribution in [0.15, 0.2) is 5.16 Å². The lowest BCUT2D eigenvalue weighted by Crippen LogP contribution is -2.52. The molecule has 114 valence electrons. The number of rotatable bonds is 7. The number of carboxylic acids is 1. The average molecular weight is 308 g/mol. The highest BCUT2D eigenvalue weighted by Gasteiger charge is 2.48. The van der Waals surface area contributed by atoms with Crippen molar-refractivity contribution in [3.63, 3.8) is 0 Å². The Bertz CT molecular complexity index is 578. The summed E-state index contributed by atoms with van der Waals surface area (Å²) in [5.41, 5.74) is 5.02. The summed E-state index contributed by atoms with van der Waals surface area (Å²) in [6.45, 7) is 0. The fourth-order valence-corrected chi connectivity index (χ4v) is 4.03. The van der Waals surface area contributed by atoms with E-state index < -0.39 is 11.5 Å². The molecule has 0 bridgehead atoms. The van der Waals surface area contributed by atoms with E-state index in [1.165, 1.54) is 37.4 Å². The molecule has 1 heterocycles. The highest BCUT2D eigenvalue weighted by molar-refractivity contribution is 7.99. The largest absolute Gasteiger partial charge is 0.480 e. The van der Waals surface area contributed by atoms with Gasteiger partial charge in [0.15, 0.2) is 5.16 Å². The molecule has 3 fully saturated rings. The van der Waals surface area contributed by atoms with Crippen molar-refractivity contribution in [1.29, 1.82) is 0 Å². The number of carboxylic acid groups (broad SMARTS) is 1. The van der Waals surface area contributed by atoms with Gasteiger partial charge in [0, 0.05) is 17.7 Å². The molecule has 4 rings (SSSR count). The number of hydrogen-bond donors (Lipinski definition) is 2. The summed E-state index contributed by atoms with van der Waals surface area (Å²) in [7, 11) is 0. The number of aliphatic carboxylic acids is 1. The second-order valence-electron chi connectivity index (χ2n) is 6.62. The molecule has 3 saturated carbocycles. The molecule has 3 aliphatic rings. The second-order valence-corrected chi connectivity index (χ2v) is 7.57. The monoisotopic (exact) mass is 308 g/mol. The zero-order valence-corrected chi connectivity index (χ0v) is 12.7. The fourth-order valence-electron chi connectivity index (χ4n) is 2.82. The number of thioether (sulfide) groups is 1. The van der Waals surface area contributed by atoms with Crippen LogP contribution in [0.2, 0.25) is 0 Å². The molecule has 0 radical (unpaired) electrons. The van der Waals surface area contributed by atoms with E-state index in [4.69, 9.17) is 5.73 Å². The molecule has 0 aromatic carbocycles. The number of nitrogens with zero attached hydrogens (tertiary/aromatic N) is 3. The van der Waals surface area contributed by atoms with Crippen molar-refractivity contribution in [1.82, 2.24) is 14.8 Å². The first-order valence-electron chi connectivity index (χ1n) is 7.69. The lowest BCUT2D eigenvalue weighted by Gasteiger charge is -2.23. The number of aromatic nitrogens is 3. The second kappa shape index (κ2) is 4.71. The molecule has 7 heteroatoms. The Kier molecular flexibility index (Phi) is 3.04. The van der Waals surface area contributed by atoms with Gasteiger partial charge in [-0.05, 0) is 44.4 Å². The maximum atomic E-state index is 11.5. The van der Waals surface area contributed by atoms with E-state index in [1.807, 2.05) is 0 Å². The Morgan fingerprint density at radius 2 is 2.00 bits per heavy atom. The van der Waals surface area contributed by atoms with Crippen molar-refractivity contribution in [3.05, 3.63) is 5.82 Å². The maximum Gasteiger partial charge on any atom is 0.324 e. The molecule has 3 N–H and O–H groups in total. The van der Waals surface area contributed by atoms with Crippen LogP contribution in [0.5, 0.6) is 0 Å². The van der Waals surface area contributed by atoms with Crippen LogP contribution in [0.1, 0.15) is 56.3 Å². The highest BCUT2D eigenvalue weighted by atomic mass is 32.2. The molecular weight excluding hydrogens is 288 g/mol. The van der Waals surface area contributed by atoms with E-state index in [0.717, 1.165) is 23.8 Å². The van der Waals surface area contributed by atoms with Gasteiger partial charge in [-0.3, -0.25) is 4.79 Å². The van der Waals surface area contributed by atoms with Crippen LogP contribution in [0, 0.1) is 5.92 Å². The Hall–Kier alpha value is -1.08. The molecular formula is C14H20N4O2S. The van der Waals surface area contributed by atoms with Crippen molar-refractivity contribution >= 4 is 17.7 Å². The molecule has 6 nitrogen and oxygen atoms in total. The lowest BCUT2D eigenvalue weighted by molar-refractivity contribution is -0.143. The van der Waals surface area contributed by atoms with E-state index in [0.29, 0.717) is 17.7 Å². The fraction of sp³-hybridized carbons (Fsp3) is 0.786. The first kappa shape index (κ1) is 13.6. The molecule has 1 unspecified atom stereocenters. The summed E-state index contributed by atoms with van der Waals surface area (Å²) < 4.78 is 2.25. The molecule has 0 aliphatic heterocycles. The first-order valence-corrected chi connectivity index (χ1v) is 8.68. The first-order chi connectivity index (χ1) is 10.1. The molecule has 0 saturated heterocycles. The zero-order valence-electron chi connectivity index (χ0n) is 11.9. The van der Waals surface area contributed by atoms with Crippen LogP contribution in [0.3, 0.4) is 0 Å². The topological polar surface area (TPSA) is 94.0 Å². The van der Waals surface area contributed by atoms with Crippen LogP contribution < -0.4 is 5.73 Å².